The van der Waals surface area contributed by atoms with E-state index < -0.39 is 0 Å². The maximum atomic E-state index is 13.1. The zero-order valence-corrected chi connectivity index (χ0v) is 20.1. The van der Waals surface area contributed by atoms with Gasteiger partial charge in [0.15, 0.2) is 5.16 Å². The van der Waals surface area contributed by atoms with Gasteiger partial charge in [-0.25, -0.2) is 4.98 Å². The number of rotatable bonds is 6. The van der Waals surface area contributed by atoms with Gasteiger partial charge in [-0.2, -0.15) is 4.37 Å². The molecule has 0 saturated heterocycles. The Kier molecular flexibility index (Phi) is 6.43. The van der Waals surface area contributed by atoms with Crippen molar-refractivity contribution in [2.24, 2.45) is 0 Å². The first-order chi connectivity index (χ1) is 15.4. The number of aryl methyl sites for hydroxylation is 2. The highest BCUT2D eigenvalue weighted by molar-refractivity contribution is 7.99. The van der Waals surface area contributed by atoms with Gasteiger partial charge in [0.25, 0.3) is 5.56 Å². The summed E-state index contributed by atoms with van der Waals surface area (Å²) in [6, 6.07) is 13.8. The van der Waals surface area contributed by atoms with Crippen LogP contribution in [0, 0.1) is 20.8 Å². The van der Waals surface area contributed by atoms with Gasteiger partial charge >= 0.3 is 0 Å². The first-order valence-corrected chi connectivity index (χ1v) is 12.1. The second kappa shape index (κ2) is 9.26. The van der Waals surface area contributed by atoms with Crippen molar-refractivity contribution in [2.75, 3.05) is 11.1 Å². The van der Waals surface area contributed by atoms with Crippen LogP contribution in [0.15, 0.2) is 52.4 Å². The molecule has 0 bridgehead atoms. The van der Waals surface area contributed by atoms with Crippen molar-refractivity contribution >= 4 is 45.1 Å². The van der Waals surface area contributed by atoms with Crippen LogP contribution in [0.4, 0.5) is 5.69 Å². The second-order valence-corrected chi connectivity index (χ2v) is 9.32. The van der Waals surface area contributed by atoms with Crippen molar-refractivity contribution < 1.29 is 4.79 Å². The minimum Gasteiger partial charge on any atom is -0.325 e. The third-order valence-electron chi connectivity index (χ3n) is 5.40. The standard InChI is InChI=1S/C24H24N4O2S2/c1-5-28-23(30)22-21(20(27-32-22)17-11-9-14(2)10-12-17)26-24(28)31-13-19(29)25-18-8-6-7-15(3)16(18)4/h6-12H,5,13H2,1-4H3,(H,25,29). The van der Waals surface area contributed by atoms with Crippen molar-refractivity contribution in [2.45, 2.75) is 39.4 Å². The number of anilines is 1. The average Bonchev–Trinajstić information content (AvgIpc) is 3.20. The molecule has 32 heavy (non-hydrogen) atoms. The normalized spacial score (nSPS) is 11.1. The number of aromatic nitrogens is 3. The molecule has 0 aliphatic heterocycles. The highest BCUT2D eigenvalue weighted by Crippen LogP contribution is 2.30. The second-order valence-electron chi connectivity index (χ2n) is 7.60. The maximum absolute atomic E-state index is 13.1. The van der Waals surface area contributed by atoms with E-state index in [-0.39, 0.29) is 17.2 Å². The van der Waals surface area contributed by atoms with Gasteiger partial charge in [0.1, 0.15) is 15.9 Å². The van der Waals surface area contributed by atoms with E-state index in [2.05, 4.69) is 9.69 Å². The predicted octanol–water partition coefficient (Wildman–Crippen LogP) is 5.20. The Labute approximate surface area is 194 Å². The molecule has 0 aliphatic carbocycles. The lowest BCUT2D eigenvalue weighted by Crippen LogP contribution is -2.23. The largest absolute Gasteiger partial charge is 0.325 e. The van der Waals surface area contributed by atoms with Crippen LogP contribution in [0.3, 0.4) is 0 Å². The van der Waals surface area contributed by atoms with Gasteiger partial charge in [0.05, 0.1) is 5.75 Å². The summed E-state index contributed by atoms with van der Waals surface area (Å²) >= 11 is 2.44. The average molecular weight is 465 g/mol. The number of thioether (sulfide) groups is 1. The van der Waals surface area contributed by atoms with Crippen molar-refractivity contribution in [1.82, 2.24) is 13.9 Å². The Morgan fingerprint density at radius 1 is 1.12 bits per heavy atom. The van der Waals surface area contributed by atoms with E-state index in [1.165, 1.54) is 23.3 Å². The highest BCUT2D eigenvalue weighted by Gasteiger charge is 2.18. The van der Waals surface area contributed by atoms with E-state index in [4.69, 9.17) is 4.98 Å². The molecule has 1 amide bonds. The van der Waals surface area contributed by atoms with Crippen LogP contribution in [0.2, 0.25) is 0 Å². The fourth-order valence-electron chi connectivity index (χ4n) is 3.39. The van der Waals surface area contributed by atoms with E-state index in [1.54, 1.807) is 4.57 Å². The van der Waals surface area contributed by atoms with E-state index in [0.29, 0.717) is 27.6 Å². The molecule has 4 aromatic rings. The lowest BCUT2D eigenvalue weighted by Gasteiger charge is -2.12. The van der Waals surface area contributed by atoms with Gasteiger partial charge in [-0.05, 0) is 56.4 Å². The van der Waals surface area contributed by atoms with Crippen LogP contribution in [-0.4, -0.2) is 25.6 Å². The lowest BCUT2D eigenvalue weighted by atomic mass is 10.1. The van der Waals surface area contributed by atoms with Gasteiger partial charge in [-0.1, -0.05) is 53.7 Å². The van der Waals surface area contributed by atoms with Gasteiger partial charge in [0.2, 0.25) is 5.91 Å². The number of nitrogens with zero attached hydrogens (tertiary/aromatic N) is 3. The zero-order chi connectivity index (χ0) is 22.8. The molecule has 0 spiro atoms. The van der Waals surface area contributed by atoms with E-state index in [9.17, 15) is 9.59 Å². The Balaban J connectivity index is 1.63. The Hall–Kier alpha value is -2.97. The molecule has 4 rings (SSSR count). The molecule has 2 aromatic heterocycles. The third-order valence-corrected chi connectivity index (χ3v) is 7.20. The zero-order valence-electron chi connectivity index (χ0n) is 18.4. The van der Waals surface area contributed by atoms with Gasteiger partial charge < -0.3 is 5.32 Å². The van der Waals surface area contributed by atoms with E-state index in [1.807, 2.05) is 70.2 Å². The molecular weight excluding hydrogens is 440 g/mol. The number of hydrogen-bond acceptors (Lipinski definition) is 6. The van der Waals surface area contributed by atoms with Crippen LogP contribution in [0.25, 0.3) is 21.5 Å². The summed E-state index contributed by atoms with van der Waals surface area (Å²) in [5, 5.41) is 3.49. The smallest absolute Gasteiger partial charge is 0.273 e. The monoisotopic (exact) mass is 464 g/mol. The molecule has 6 nitrogen and oxygen atoms in total. The number of nitrogens with one attached hydrogen (secondary N) is 1. The Bertz CT molecular complexity index is 1360. The number of benzene rings is 2. The highest BCUT2D eigenvalue weighted by atomic mass is 32.2. The third kappa shape index (κ3) is 4.33. The fraction of sp³-hybridized carbons (Fsp3) is 0.250. The number of amides is 1. The summed E-state index contributed by atoms with van der Waals surface area (Å²) in [5.41, 5.74) is 6.21. The molecule has 164 valence electrons. The molecule has 8 heteroatoms. The number of carbonyl (C=O) groups is 1. The Morgan fingerprint density at radius 2 is 1.88 bits per heavy atom. The molecule has 0 atom stereocenters. The lowest BCUT2D eigenvalue weighted by molar-refractivity contribution is -0.113. The first kappa shape index (κ1) is 22.2. The van der Waals surface area contributed by atoms with Crippen LogP contribution in [-0.2, 0) is 11.3 Å². The number of carbonyl (C=O) groups excluding carboxylic acids is 1. The van der Waals surface area contributed by atoms with Crippen LogP contribution < -0.4 is 10.9 Å². The first-order valence-electron chi connectivity index (χ1n) is 10.3. The molecular formula is C24H24N4O2S2. The maximum Gasteiger partial charge on any atom is 0.273 e. The summed E-state index contributed by atoms with van der Waals surface area (Å²) in [6.07, 6.45) is 0. The van der Waals surface area contributed by atoms with Gasteiger partial charge in [-0.15, -0.1) is 0 Å². The molecule has 0 fully saturated rings. The molecule has 2 heterocycles. The number of hydrogen-bond donors (Lipinski definition) is 1. The molecule has 1 N–H and O–H groups in total. The minimum absolute atomic E-state index is 0.120. The van der Waals surface area contributed by atoms with Crippen molar-refractivity contribution in [3.63, 3.8) is 0 Å². The minimum atomic E-state index is -0.136. The summed E-state index contributed by atoms with van der Waals surface area (Å²) in [6.45, 7) is 8.40. The van der Waals surface area contributed by atoms with Crippen LogP contribution >= 0.6 is 23.3 Å². The van der Waals surface area contributed by atoms with Gasteiger partial charge in [0, 0.05) is 17.8 Å². The Morgan fingerprint density at radius 3 is 2.59 bits per heavy atom. The summed E-state index contributed by atoms with van der Waals surface area (Å²) in [5.74, 6) is 0.0193. The van der Waals surface area contributed by atoms with Crippen LogP contribution in [0.5, 0.6) is 0 Å². The molecule has 0 unspecified atom stereocenters. The number of fused-ring (bicyclic) bond motifs is 1. The van der Waals surface area contributed by atoms with Crippen molar-refractivity contribution in [1.29, 1.82) is 0 Å². The van der Waals surface area contributed by atoms with Crippen LogP contribution in [0.1, 0.15) is 23.6 Å². The molecule has 0 aliphatic rings. The summed E-state index contributed by atoms with van der Waals surface area (Å²) in [4.78, 5) is 30.5. The van der Waals surface area contributed by atoms with E-state index >= 15 is 0 Å². The fourth-order valence-corrected chi connectivity index (χ4v) is 5.04. The molecule has 2 aromatic carbocycles. The summed E-state index contributed by atoms with van der Waals surface area (Å²) < 4.78 is 6.66. The van der Waals surface area contributed by atoms with E-state index in [0.717, 1.165) is 27.9 Å². The van der Waals surface area contributed by atoms with Crippen molar-refractivity contribution in [3.8, 4) is 11.3 Å². The summed E-state index contributed by atoms with van der Waals surface area (Å²) in [7, 11) is 0. The SMILES string of the molecule is CCn1c(SCC(=O)Nc2cccc(C)c2C)nc2c(-c3ccc(C)cc3)nsc2c1=O. The molecule has 0 saturated carbocycles. The predicted molar refractivity (Wildman–Crippen MR) is 133 cm³/mol. The molecule has 0 radical (unpaired) electrons. The van der Waals surface area contributed by atoms with Gasteiger partial charge in [-0.3, -0.25) is 14.2 Å². The topological polar surface area (TPSA) is 76.9 Å². The quantitative estimate of drug-likeness (QED) is 0.314. The van der Waals surface area contributed by atoms with Crippen molar-refractivity contribution in [3.05, 3.63) is 69.5 Å².